The summed E-state index contributed by atoms with van der Waals surface area (Å²) in [5.41, 5.74) is 8.42. The predicted molar refractivity (Wildman–Crippen MR) is 73.2 cm³/mol. The summed E-state index contributed by atoms with van der Waals surface area (Å²) in [6, 6.07) is 8.49. The highest BCUT2D eigenvalue weighted by Crippen LogP contribution is 2.16. The maximum atomic E-state index is 12.1. The molecular weight excluding hydrogens is 224 g/mol. The zero-order valence-electron chi connectivity index (χ0n) is 11.2. The van der Waals surface area contributed by atoms with Gasteiger partial charge in [0.1, 0.15) is 0 Å². The lowest BCUT2D eigenvalue weighted by Crippen LogP contribution is -2.32. The fourth-order valence-electron chi connectivity index (χ4n) is 2.47. The van der Waals surface area contributed by atoms with Crippen LogP contribution in [0.15, 0.2) is 24.3 Å². The van der Waals surface area contributed by atoms with Gasteiger partial charge in [-0.3, -0.25) is 4.79 Å². The van der Waals surface area contributed by atoms with Gasteiger partial charge in [0.05, 0.1) is 0 Å². The highest BCUT2D eigenvalue weighted by Gasteiger charge is 2.29. The summed E-state index contributed by atoms with van der Waals surface area (Å²) in [6.07, 6.45) is 1.41. The minimum atomic E-state index is 0.146. The van der Waals surface area contributed by atoms with Crippen molar-refractivity contribution in [1.82, 2.24) is 4.90 Å². The van der Waals surface area contributed by atoms with Gasteiger partial charge in [0.2, 0.25) is 5.91 Å². The van der Waals surface area contributed by atoms with Crippen LogP contribution in [0.2, 0.25) is 0 Å². The predicted octanol–water partition coefficient (Wildman–Crippen LogP) is 1.73. The van der Waals surface area contributed by atoms with Crippen LogP contribution in [-0.2, 0) is 11.2 Å². The van der Waals surface area contributed by atoms with E-state index in [0.717, 1.165) is 13.0 Å². The number of hydrogen-bond donors (Lipinski definition) is 1. The van der Waals surface area contributed by atoms with Crippen LogP contribution >= 0.6 is 0 Å². The first-order valence-corrected chi connectivity index (χ1v) is 6.65. The third-order valence-corrected chi connectivity index (χ3v) is 3.73. The number of likely N-dealkylation sites (tertiary alicyclic amines) is 1. The number of carbonyl (C=O) groups excluding carboxylic acids is 1. The zero-order valence-corrected chi connectivity index (χ0v) is 11.2. The molecule has 18 heavy (non-hydrogen) atoms. The van der Waals surface area contributed by atoms with Crippen molar-refractivity contribution >= 4 is 5.91 Å². The molecule has 0 saturated carbocycles. The van der Waals surface area contributed by atoms with E-state index < -0.39 is 0 Å². The summed E-state index contributed by atoms with van der Waals surface area (Å²) in [4.78, 5) is 14.0. The summed E-state index contributed by atoms with van der Waals surface area (Å²) in [5.74, 6) is 0.657. The number of benzene rings is 1. The second-order valence-corrected chi connectivity index (χ2v) is 5.43. The first-order valence-electron chi connectivity index (χ1n) is 6.65. The lowest BCUT2D eigenvalue weighted by atomic mass is 10.1. The minimum absolute atomic E-state index is 0.146. The third kappa shape index (κ3) is 3.10. The molecule has 98 valence electrons. The minimum Gasteiger partial charge on any atom is -0.341 e. The number of nitrogens with two attached hydrogens (primary N) is 1. The zero-order chi connectivity index (χ0) is 13.1. The van der Waals surface area contributed by atoms with Gasteiger partial charge in [-0.05, 0) is 24.8 Å². The summed E-state index contributed by atoms with van der Waals surface area (Å²) in [5, 5.41) is 0. The van der Waals surface area contributed by atoms with Crippen molar-refractivity contribution in [2.45, 2.75) is 32.7 Å². The van der Waals surface area contributed by atoms with E-state index in [-0.39, 0.29) is 11.9 Å². The fourth-order valence-corrected chi connectivity index (χ4v) is 2.47. The maximum Gasteiger partial charge on any atom is 0.222 e. The van der Waals surface area contributed by atoms with E-state index in [4.69, 9.17) is 5.73 Å². The molecule has 2 atom stereocenters. The Morgan fingerprint density at radius 3 is 2.83 bits per heavy atom. The number of hydrogen-bond acceptors (Lipinski definition) is 2. The van der Waals surface area contributed by atoms with E-state index in [1.165, 1.54) is 11.1 Å². The van der Waals surface area contributed by atoms with Crippen molar-refractivity contribution in [2.24, 2.45) is 11.7 Å². The molecule has 1 heterocycles. The van der Waals surface area contributed by atoms with E-state index >= 15 is 0 Å². The van der Waals surface area contributed by atoms with Gasteiger partial charge in [-0.15, -0.1) is 0 Å². The molecular formula is C15H22N2O. The van der Waals surface area contributed by atoms with Crippen LogP contribution in [-0.4, -0.2) is 29.9 Å². The Morgan fingerprint density at radius 2 is 2.22 bits per heavy atom. The van der Waals surface area contributed by atoms with E-state index in [9.17, 15) is 4.79 Å². The number of aryl methyl sites for hydroxylation is 2. The number of carbonyl (C=O) groups is 1. The van der Waals surface area contributed by atoms with E-state index in [1.54, 1.807) is 0 Å². The lowest BCUT2D eigenvalue weighted by molar-refractivity contribution is -0.130. The van der Waals surface area contributed by atoms with E-state index in [2.05, 4.69) is 32.0 Å². The average Bonchev–Trinajstić information content (AvgIpc) is 2.67. The summed E-state index contributed by atoms with van der Waals surface area (Å²) < 4.78 is 0. The van der Waals surface area contributed by atoms with Crippen molar-refractivity contribution in [2.75, 3.05) is 13.1 Å². The highest BCUT2D eigenvalue weighted by molar-refractivity contribution is 5.76. The van der Waals surface area contributed by atoms with Crippen molar-refractivity contribution < 1.29 is 4.79 Å². The SMILES string of the molecule is Cc1cccc(CCC(=O)N2CC(C)C(N)C2)c1. The Kier molecular flexibility index (Phi) is 4.02. The van der Waals surface area contributed by atoms with Gasteiger partial charge in [0, 0.05) is 25.6 Å². The maximum absolute atomic E-state index is 12.1. The number of nitrogens with zero attached hydrogens (tertiary/aromatic N) is 1. The normalized spacial score (nSPS) is 23.4. The summed E-state index contributed by atoms with van der Waals surface area (Å²) in [6.45, 7) is 5.71. The standard InChI is InChI=1S/C15H22N2O/c1-11-4-3-5-13(8-11)6-7-15(18)17-9-12(2)14(16)10-17/h3-5,8,12,14H,6-7,9-10,16H2,1-2H3. The molecule has 2 rings (SSSR count). The van der Waals surface area contributed by atoms with Crippen molar-refractivity contribution in [3.05, 3.63) is 35.4 Å². The van der Waals surface area contributed by atoms with Crippen molar-refractivity contribution in [1.29, 1.82) is 0 Å². The molecule has 0 radical (unpaired) electrons. The van der Waals surface area contributed by atoms with E-state index in [1.807, 2.05) is 11.0 Å². The molecule has 3 heteroatoms. The van der Waals surface area contributed by atoms with Crippen molar-refractivity contribution in [3.63, 3.8) is 0 Å². The first kappa shape index (κ1) is 13.1. The van der Waals surface area contributed by atoms with Gasteiger partial charge < -0.3 is 10.6 Å². The molecule has 0 spiro atoms. The topological polar surface area (TPSA) is 46.3 Å². The Balaban J connectivity index is 1.85. The molecule has 1 aliphatic heterocycles. The molecule has 2 N–H and O–H groups in total. The second-order valence-electron chi connectivity index (χ2n) is 5.43. The molecule has 3 nitrogen and oxygen atoms in total. The smallest absolute Gasteiger partial charge is 0.222 e. The molecule has 1 aromatic rings. The first-order chi connectivity index (χ1) is 8.56. The Labute approximate surface area is 109 Å². The van der Waals surface area contributed by atoms with Gasteiger partial charge >= 0.3 is 0 Å². The Morgan fingerprint density at radius 1 is 1.44 bits per heavy atom. The van der Waals surface area contributed by atoms with Crippen LogP contribution in [0.4, 0.5) is 0 Å². The molecule has 2 unspecified atom stereocenters. The average molecular weight is 246 g/mol. The van der Waals surface area contributed by atoms with Crippen LogP contribution in [0.5, 0.6) is 0 Å². The second kappa shape index (κ2) is 5.53. The van der Waals surface area contributed by atoms with E-state index in [0.29, 0.717) is 18.9 Å². The summed E-state index contributed by atoms with van der Waals surface area (Å²) >= 11 is 0. The van der Waals surface area contributed by atoms with Gasteiger partial charge in [0.25, 0.3) is 0 Å². The monoisotopic (exact) mass is 246 g/mol. The Bertz CT molecular complexity index is 420. The van der Waals surface area contributed by atoms with Crippen LogP contribution in [0.3, 0.4) is 0 Å². The molecule has 1 aromatic carbocycles. The summed E-state index contributed by atoms with van der Waals surface area (Å²) in [7, 11) is 0. The Hall–Kier alpha value is -1.35. The number of rotatable bonds is 3. The van der Waals surface area contributed by atoms with Crippen LogP contribution in [0.25, 0.3) is 0 Å². The third-order valence-electron chi connectivity index (χ3n) is 3.73. The molecule has 0 aliphatic carbocycles. The highest BCUT2D eigenvalue weighted by atomic mass is 16.2. The molecule has 0 aromatic heterocycles. The quantitative estimate of drug-likeness (QED) is 0.883. The lowest BCUT2D eigenvalue weighted by Gasteiger charge is -2.15. The molecule has 1 fully saturated rings. The van der Waals surface area contributed by atoms with Gasteiger partial charge in [-0.2, -0.15) is 0 Å². The fraction of sp³-hybridized carbons (Fsp3) is 0.533. The molecule has 1 aliphatic rings. The van der Waals surface area contributed by atoms with Gasteiger partial charge in [0.15, 0.2) is 0 Å². The van der Waals surface area contributed by atoms with Crippen molar-refractivity contribution in [3.8, 4) is 0 Å². The number of amides is 1. The molecule has 0 bridgehead atoms. The largest absolute Gasteiger partial charge is 0.341 e. The van der Waals surface area contributed by atoms with Crippen LogP contribution in [0.1, 0.15) is 24.5 Å². The molecule has 1 amide bonds. The van der Waals surface area contributed by atoms with Crippen LogP contribution in [0, 0.1) is 12.8 Å². The van der Waals surface area contributed by atoms with Gasteiger partial charge in [-0.1, -0.05) is 36.8 Å². The van der Waals surface area contributed by atoms with Crippen LogP contribution < -0.4 is 5.73 Å². The van der Waals surface area contributed by atoms with Gasteiger partial charge in [-0.25, -0.2) is 0 Å². The molecule has 1 saturated heterocycles.